The van der Waals surface area contributed by atoms with E-state index in [1.807, 2.05) is 26.0 Å². The zero-order valence-corrected chi connectivity index (χ0v) is 15.7. The zero-order valence-electron chi connectivity index (χ0n) is 15.7. The summed E-state index contributed by atoms with van der Waals surface area (Å²) in [6, 6.07) is 8.19. The molecule has 0 aliphatic carbocycles. The Morgan fingerprint density at radius 1 is 1.19 bits per heavy atom. The number of H-pyrrole nitrogens is 1. The molecule has 0 saturated carbocycles. The first-order chi connectivity index (χ1) is 12.5. The van der Waals surface area contributed by atoms with Gasteiger partial charge >= 0.3 is 5.97 Å². The Bertz CT molecular complexity index is 1180. The molecule has 0 atom stereocenters. The van der Waals surface area contributed by atoms with Gasteiger partial charge in [-0.3, -0.25) is 0 Å². The van der Waals surface area contributed by atoms with Crippen molar-refractivity contribution < 1.29 is 14.3 Å². The molecule has 0 aliphatic heterocycles. The summed E-state index contributed by atoms with van der Waals surface area (Å²) in [5, 5.41) is 3.27. The molecule has 2 aromatic heterocycles. The molecule has 4 aromatic rings. The van der Waals surface area contributed by atoms with Gasteiger partial charge in [-0.25, -0.2) is 4.79 Å². The van der Waals surface area contributed by atoms with Crippen molar-refractivity contribution in [1.29, 1.82) is 0 Å². The Hall–Kier alpha value is -2.95. The van der Waals surface area contributed by atoms with E-state index in [1.54, 1.807) is 7.11 Å². The Labute approximate surface area is 151 Å². The molecule has 5 heteroatoms. The van der Waals surface area contributed by atoms with E-state index in [0.29, 0.717) is 12.3 Å². The maximum absolute atomic E-state index is 12.3. The van der Waals surface area contributed by atoms with E-state index >= 15 is 0 Å². The number of aromatic nitrogens is 2. The number of hydrogen-bond acceptors (Lipinski definition) is 3. The van der Waals surface area contributed by atoms with Crippen LogP contribution in [-0.4, -0.2) is 29.2 Å². The number of nitrogens with zero attached hydrogens (tertiary/aromatic N) is 1. The van der Waals surface area contributed by atoms with Gasteiger partial charge in [0.25, 0.3) is 0 Å². The quantitative estimate of drug-likeness (QED) is 0.549. The molecule has 4 rings (SSSR count). The predicted octanol–water partition coefficient (Wildman–Crippen LogP) is 4.61. The molecule has 2 aromatic carbocycles. The number of benzene rings is 2. The highest BCUT2D eigenvalue weighted by Gasteiger charge is 2.21. The summed E-state index contributed by atoms with van der Waals surface area (Å²) in [6.45, 7) is 6.24. The van der Waals surface area contributed by atoms with Crippen molar-refractivity contribution >= 4 is 38.7 Å². The molecular weight excluding hydrogens is 328 g/mol. The van der Waals surface area contributed by atoms with Crippen molar-refractivity contribution in [2.75, 3.05) is 13.7 Å². The van der Waals surface area contributed by atoms with Crippen LogP contribution in [0.25, 0.3) is 32.7 Å². The average Bonchev–Trinajstić information content (AvgIpc) is 3.11. The highest BCUT2D eigenvalue weighted by Crippen LogP contribution is 2.40. The van der Waals surface area contributed by atoms with Crippen LogP contribution in [0.5, 0.6) is 5.75 Å². The van der Waals surface area contributed by atoms with E-state index in [-0.39, 0.29) is 5.97 Å². The molecule has 0 unspecified atom stereocenters. The molecule has 5 nitrogen and oxygen atoms in total. The largest absolute Gasteiger partial charge is 0.496 e. The predicted molar refractivity (Wildman–Crippen MR) is 104 cm³/mol. The van der Waals surface area contributed by atoms with Gasteiger partial charge in [0.05, 0.1) is 24.8 Å². The monoisotopic (exact) mass is 350 g/mol. The van der Waals surface area contributed by atoms with E-state index in [2.05, 4.69) is 35.7 Å². The van der Waals surface area contributed by atoms with E-state index in [9.17, 15) is 4.79 Å². The van der Waals surface area contributed by atoms with Crippen LogP contribution in [0.3, 0.4) is 0 Å². The molecule has 0 fully saturated rings. The number of rotatable bonds is 3. The molecule has 26 heavy (non-hydrogen) atoms. The van der Waals surface area contributed by atoms with Crippen molar-refractivity contribution in [3.63, 3.8) is 0 Å². The summed E-state index contributed by atoms with van der Waals surface area (Å²) in [5.74, 6) is 0.535. The first-order valence-electron chi connectivity index (χ1n) is 8.73. The maximum atomic E-state index is 12.3. The normalized spacial score (nSPS) is 11.6. The zero-order chi connectivity index (χ0) is 18.6. The Morgan fingerprint density at radius 3 is 2.65 bits per heavy atom. The van der Waals surface area contributed by atoms with Crippen LogP contribution >= 0.6 is 0 Å². The van der Waals surface area contributed by atoms with E-state index < -0.39 is 0 Å². The minimum absolute atomic E-state index is 0.313. The van der Waals surface area contributed by atoms with Crippen LogP contribution in [0.4, 0.5) is 0 Å². The first kappa shape index (κ1) is 16.5. The number of aryl methyl sites for hydroxylation is 3. The van der Waals surface area contributed by atoms with E-state index in [1.165, 1.54) is 0 Å². The van der Waals surface area contributed by atoms with Crippen molar-refractivity contribution in [3.8, 4) is 5.75 Å². The van der Waals surface area contributed by atoms with Crippen LogP contribution in [0, 0.1) is 13.8 Å². The Balaban J connectivity index is 2.15. The summed E-state index contributed by atoms with van der Waals surface area (Å²) >= 11 is 0. The standard InChI is InChI=1S/C21H22N2O3/c1-6-26-21(24)19-11(2)17-12(3)20-13(10-14(17)22-19)18-15(23(20)4)8-7-9-16(18)25-5/h7-10,22H,6H2,1-5H3. The third-order valence-electron chi connectivity index (χ3n) is 5.22. The number of ether oxygens (including phenoxy) is 2. The lowest BCUT2D eigenvalue weighted by molar-refractivity contribution is 0.0520. The molecule has 134 valence electrons. The first-order valence-corrected chi connectivity index (χ1v) is 8.73. The number of aromatic amines is 1. The molecule has 0 radical (unpaired) electrons. The van der Waals surface area contributed by atoms with Crippen LogP contribution in [0.1, 0.15) is 28.5 Å². The average molecular weight is 350 g/mol. The SMILES string of the molecule is CCOC(=O)c1[nH]c2cc3c4c(OC)cccc4n(C)c3c(C)c2c1C. The van der Waals surface area contributed by atoms with Gasteiger partial charge in [0, 0.05) is 28.7 Å². The highest BCUT2D eigenvalue weighted by molar-refractivity contribution is 6.17. The molecule has 0 aliphatic rings. The van der Waals surface area contributed by atoms with Gasteiger partial charge in [0.2, 0.25) is 0 Å². The second-order valence-electron chi connectivity index (χ2n) is 6.58. The van der Waals surface area contributed by atoms with E-state index in [4.69, 9.17) is 9.47 Å². The van der Waals surface area contributed by atoms with Gasteiger partial charge in [-0.15, -0.1) is 0 Å². The van der Waals surface area contributed by atoms with Gasteiger partial charge in [-0.1, -0.05) is 6.07 Å². The van der Waals surface area contributed by atoms with Crippen molar-refractivity contribution in [2.24, 2.45) is 7.05 Å². The fourth-order valence-corrected chi connectivity index (χ4v) is 4.13. The van der Waals surface area contributed by atoms with Crippen LogP contribution < -0.4 is 4.74 Å². The number of hydrogen-bond donors (Lipinski definition) is 1. The van der Waals surface area contributed by atoms with Gasteiger partial charge in [0.15, 0.2) is 0 Å². The number of nitrogens with one attached hydrogen (secondary N) is 1. The van der Waals surface area contributed by atoms with Gasteiger partial charge in [-0.05, 0) is 50.1 Å². The smallest absolute Gasteiger partial charge is 0.355 e. The molecular formula is C21H22N2O3. The van der Waals surface area contributed by atoms with Crippen LogP contribution in [-0.2, 0) is 11.8 Å². The third kappa shape index (κ3) is 2.06. The molecule has 0 amide bonds. The maximum Gasteiger partial charge on any atom is 0.355 e. The van der Waals surface area contributed by atoms with Crippen molar-refractivity contribution in [3.05, 3.63) is 41.1 Å². The molecule has 1 N–H and O–H groups in total. The molecule has 0 saturated heterocycles. The summed E-state index contributed by atoms with van der Waals surface area (Å²) in [7, 11) is 3.76. The topological polar surface area (TPSA) is 56.3 Å². The fraction of sp³-hybridized carbons (Fsp3) is 0.286. The molecule has 2 heterocycles. The fourth-order valence-electron chi connectivity index (χ4n) is 4.13. The number of esters is 1. The van der Waals surface area contributed by atoms with Crippen LogP contribution in [0.2, 0.25) is 0 Å². The third-order valence-corrected chi connectivity index (χ3v) is 5.22. The highest BCUT2D eigenvalue weighted by atomic mass is 16.5. The lowest BCUT2D eigenvalue weighted by atomic mass is 10.0. The summed E-state index contributed by atoms with van der Waals surface area (Å²) in [4.78, 5) is 15.5. The lowest BCUT2D eigenvalue weighted by Crippen LogP contribution is -2.06. The lowest BCUT2D eigenvalue weighted by Gasteiger charge is -2.05. The second-order valence-corrected chi connectivity index (χ2v) is 6.58. The minimum Gasteiger partial charge on any atom is -0.496 e. The minimum atomic E-state index is -0.313. The second kappa shape index (κ2) is 5.80. The van der Waals surface area contributed by atoms with Gasteiger partial charge in [-0.2, -0.15) is 0 Å². The summed E-state index contributed by atoms with van der Waals surface area (Å²) < 4.78 is 13.0. The summed E-state index contributed by atoms with van der Waals surface area (Å²) in [5.41, 5.74) is 5.80. The number of methoxy groups -OCH3 is 1. The Kier molecular flexibility index (Phi) is 3.68. The number of fused-ring (bicyclic) bond motifs is 4. The molecule has 0 spiro atoms. The van der Waals surface area contributed by atoms with Crippen molar-refractivity contribution in [1.82, 2.24) is 9.55 Å². The number of carbonyl (C=O) groups excluding carboxylic acids is 1. The summed E-state index contributed by atoms with van der Waals surface area (Å²) in [6.07, 6.45) is 0. The number of carbonyl (C=O) groups is 1. The molecule has 0 bridgehead atoms. The van der Waals surface area contributed by atoms with Crippen molar-refractivity contribution in [2.45, 2.75) is 20.8 Å². The van der Waals surface area contributed by atoms with Crippen LogP contribution in [0.15, 0.2) is 24.3 Å². The van der Waals surface area contributed by atoms with Gasteiger partial charge in [0.1, 0.15) is 11.4 Å². The van der Waals surface area contributed by atoms with Gasteiger partial charge < -0.3 is 19.0 Å². The van der Waals surface area contributed by atoms with E-state index in [0.717, 1.165) is 49.6 Å². The Morgan fingerprint density at radius 2 is 1.96 bits per heavy atom.